The first-order valence-corrected chi connectivity index (χ1v) is 10.3. The summed E-state index contributed by atoms with van der Waals surface area (Å²) in [6.07, 6.45) is 7.65. The Labute approximate surface area is 169 Å². The summed E-state index contributed by atoms with van der Waals surface area (Å²) in [5.74, 6) is 0.0756. The van der Waals surface area contributed by atoms with Gasteiger partial charge >= 0.3 is 0 Å². The number of aryl methyl sites for hydroxylation is 1. The fourth-order valence-electron chi connectivity index (χ4n) is 4.17. The van der Waals surface area contributed by atoms with Crippen LogP contribution in [-0.4, -0.2) is 58.0 Å². The van der Waals surface area contributed by atoms with E-state index in [2.05, 4.69) is 41.3 Å². The lowest BCUT2D eigenvalue weighted by Crippen LogP contribution is -2.37. The molecule has 1 amide bonds. The molecule has 2 aliphatic heterocycles. The molecule has 7 nitrogen and oxygen atoms in total. The van der Waals surface area contributed by atoms with Crippen molar-refractivity contribution in [3.05, 3.63) is 59.3 Å². The second-order valence-electron chi connectivity index (χ2n) is 7.61. The molecule has 29 heavy (non-hydrogen) atoms. The largest absolute Gasteiger partial charge is 0.378 e. The highest BCUT2D eigenvalue weighted by atomic mass is 16.5. The first kappa shape index (κ1) is 18.1. The third-order valence-corrected chi connectivity index (χ3v) is 5.82. The molecule has 0 unspecified atom stereocenters. The number of imidazole rings is 1. The second-order valence-corrected chi connectivity index (χ2v) is 7.61. The van der Waals surface area contributed by atoms with Gasteiger partial charge in [-0.15, -0.1) is 0 Å². The molecule has 3 aromatic heterocycles. The van der Waals surface area contributed by atoms with Gasteiger partial charge in [0.25, 0.3) is 5.91 Å². The average molecular weight is 391 g/mol. The van der Waals surface area contributed by atoms with Gasteiger partial charge in [0.2, 0.25) is 0 Å². The Morgan fingerprint density at radius 3 is 2.90 bits per heavy atom. The standard InChI is InChI=1S/C22H25N5O2/c1-2-16-4-7-26-14-17(24-20(26)13-16)5-8-27-15-18-21(22(27)28)19(3-6-23-18)25-9-11-29-12-10-25/h3-4,6-7,13-14H,2,5,8-12,15H2,1H3. The average Bonchev–Trinajstić information content (AvgIpc) is 3.32. The number of rotatable bonds is 5. The number of ether oxygens (including phenoxy) is 1. The Bertz CT molecular complexity index is 1050. The highest BCUT2D eigenvalue weighted by molar-refractivity contribution is 6.03. The molecule has 0 bridgehead atoms. The topological polar surface area (TPSA) is 63.0 Å². The van der Waals surface area contributed by atoms with Gasteiger partial charge in [0.1, 0.15) is 5.65 Å². The molecule has 5 rings (SSSR count). The summed E-state index contributed by atoms with van der Waals surface area (Å²) in [5, 5.41) is 0. The van der Waals surface area contributed by atoms with Crippen LogP contribution in [0.2, 0.25) is 0 Å². The van der Waals surface area contributed by atoms with Crippen molar-refractivity contribution in [1.29, 1.82) is 0 Å². The van der Waals surface area contributed by atoms with Gasteiger partial charge in [0, 0.05) is 44.6 Å². The van der Waals surface area contributed by atoms with Gasteiger partial charge in [-0.25, -0.2) is 4.98 Å². The van der Waals surface area contributed by atoms with Gasteiger partial charge in [-0.05, 0) is 30.2 Å². The number of anilines is 1. The fraction of sp³-hybridized carbons (Fsp3) is 0.409. The number of aromatic nitrogens is 3. The van der Waals surface area contributed by atoms with Crippen LogP contribution in [0.15, 0.2) is 36.8 Å². The maximum absolute atomic E-state index is 13.1. The number of carbonyl (C=O) groups excluding carboxylic acids is 1. The zero-order chi connectivity index (χ0) is 19.8. The number of hydrogen-bond acceptors (Lipinski definition) is 5. The molecule has 0 N–H and O–H groups in total. The molecule has 0 saturated carbocycles. The summed E-state index contributed by atoms with van der Waals surface area (Å²) in [6.45, 7) is 6.37. The lowest BCUT2D eigenvalue weighted by molar-refractivity contribution is 0.0779. The first-order chi connectivity index (χ1) is 14.2. The predicted molar refractivity (Wildman–Crippen MR) is 110 cm³/mol. The van der Waals surface area contributed by atoms with Crippen molar-refractivity contribution in [1.82, 2.24) is 19.3 Å². The lowest BCUT2D eigenvalue weighted by atomic mass is 10.1. The van der Waals surface area contributed by atoms with Crippen LogP contribution < -0.4 is 4.90 Å². The lowest BCUT2D eigenvalue weighted by Gasteiger charge is -2.30. The molecular formula is C22H25N5O2. The summed E-state index contributed by atoms with van der Waals surface area (Å²) in [7, 11) is 0. The van der Waals surface area contributed by atoms with Crippen LogP contribution in [0.5, 0.6) is 0 Å². The van der Waals surface area contributed by atoms with Gasteiger partial charge in [-0.3, -0.25) is 9.78 Å². The minimum absolute atomic E-state index is 0.0756. The molecule has 150 valence electrons. The quantitative estimate of drug-likeness (QED) is 0.668. The predicted octanol–water partition coefficient (Wildman–Crippen LogP) is 2.33. The van der Waals surface area contributed by atoms with Crippen molar-refractivity contribution < 1.29 is 9.53 Å². The van der Waals surface area contributed by atoms with Crippen molar-refractivity contribution >= 4 is 17.2 Å². The van der Waals surface area contributed by atoms with E-state index in [1.807, 2.05) is 21.6 Å². The third kappa shape index (κ3) is 3.35. The van der Waals surface area contributed by atoms with E-state index in [4.69, 9.17) is 9.72 Å². The van der Waals surface area contributed by atoms with Crippen molar-refractivity contribution in [3.8, 4) is 0 Å². The Morgan fingerprint density at radius 1 is 1.21 bits per heavy atom. The fourth-order valence-corrected chi connectivity index (χ4v) is 4.17. The van der Waals surface area contributed by atoms with E-state index < -0.39 is 0 Å². The monoisotopic (exact) mass is 391 g/mol. The molecule has 1 saturated heterocycles. The van der Waals surface area contributed by atoms with Crippen molar-refractivity contribution in [2.75, 3.05) is 37.7 Å². The Hall–Kier alpha value is -2.93. The van der Waals surface area contributed by atoms with E-state index in [0.717, 1.165) is 54.2 Å². The summed E-state index contributed by atoms with van der Waals surface area (Å²) in [4.78, 5) is 26.5. The zero-order valence-corrected chi connectivity index (χ0v) is 16.7. The van der Waals surface area contributed by atoms with Crippen LogP contribution in [0.3, 0.4) is 0 Å². The molecule has 0 aromatic carbocycles. The van der Waals surface area contributed by atoms with E-state index in [1.165, 1.54) is 5.56 Å². The molecule has 0 spiro atoms. The van der Waals surface area contributed by atoms with E-state index >= 15 is 0 Å². The Morgan fingerprint density at radius 2 is 2.07 bits per heavy atom. The van der Waals surface area contributed by atoms with Crippen molar-refractivity contribution in [2.45, 2.75) is 26.3 Å². The van der Waals surface area contributed by atoms with Crippen LogP contribution in [0.25, 0.3) is 5.65 Å². The molecule has 7 heteroatoms. The first-order valence-electron chi connectivity index (χ1n) is 10.3. The maximum atomic E-state index is 13.1. The van der Waals surface area contributed by atoms with Crippen LogP contribution in [0.4, 0.5) is 5.69 Å². The van der Waals surface area contributed by atoms with Gasteiger partial charge in [0.15, 0.2) is 0 Å². The van der Waals surface area contributed by atoms with E-state index in [-0.39, 0.29) is 5.91 Å². The number of morpholine rings is 1. The van der Waals surface area contributed by atoms with Gasteiger partial charge in [-0.2, -0.15) is 0 Å². The number of amides is 1. The van der Waals surface area contributed by atoms with E-state index in [0.29, 0.717) is 26.3 Å². The maximum Gasteiger partial charge on any atom is 0.258 e. The Kier molecular flexibility index (Phi) is 4.67. The zero-order valence-electron chi connectivity index (χ0n) is 16.7. The van der Waals surface area contributed by atoms with Crippen LogP contribution in [-0.2, 0) is 24.1 Å². The number of pyridine rings is 2. The molecule has 1 fully saturated rings. The summed E-state index contributed by atoms with van der Waals surface area (Å²) in [5.41, 5.74) is 5.88. The minimum Gasteiger partial charge on any atom is -0.378 e. The normalized spacial score (nSPS) is 16.7. The molecule has 5 heterocycles. The van der Waals surface area contributed by atoms with E-state index in [1.54, 1.807) is 0 Å². The van der Waals surface area contributed by atoms with Gasteiger partial charge in [0.05, 0.1) is 42.4 Å². The number of nitrogens with zero attached hydrogens (tertiary/aromatic N) is 5. The van der Waals surface area contributed by atoms with Crippen molar-refractivity contribution in [2.24, 2.45) is 0 Å². The number of hydrogen-bond donors (Lipinski definition) is 0. The summed E-state index contributed by atoms with van der Waals surface area (Å²) < 4.78 is 7.50. The van der Waals surface area contributed by atoms with Gasteiger partial charge < -0.3 is 18.9 Å². The molecule has 0 radical (unpaired) electrons. The third-order valence-electron chi connectivity index (χ3n) is 5.82. The smallest absolute Gasteiger partial charge is 0.258 e. The molecule has 3 aromatic rings. The van der Waals surface area contributed by atoms with Crippen molar-refractivity contribution in [3.63, 3.8) is 0 Å². The van der Waals surface area contributed by atoms with E-state index in [9.17, 15) is 4.79 Å². The molecule has 0 atom stereocenters. The van der Waals surface area contributed by atoms with Gasteiger partial charge in [-0.1, -0.05) is 6.92 Å². The number of carbonyl (C=O) groups is 1. The highest BCUT2D eigenvalue weighted by Crippen LogP contribution is 2.30. The SMILES string of the molecule is CCc1ccn2cc(CCN3Cc4nccc(N5CCOCC5)c4C3=O)nc2c1. The molecule has 0 aliphatic carbocycles. The van der Waals surface area contributed by atoms with Crippen LogP contribution in [0, 0.1) is 0 Å². The highest BCUT2D eigenvalue weighted by Gasteiger charge is 2.32. The number of fused-ring (bicyclic) bond motifs is 2. The second kappa shape index (κ2) is 7.48. The summed E-state index contributed by atoms with van der Waals surface area (Å²) >= 11 is 0. The minimum atomic E-state index is 0.0756. The Balaban J connectivity index is 1.32. The van der Waals surface area contributed by atoms with Crippen LogP contribution in [0.1, 0.15) is 34.2 Å². The molecular weight excluding hydrogens is 366 g/mol. The molecule has 2 aliphatic rings. The van der Waals surface area contributed by atoms with Crippen LogP contribution >= 0.6 is 0 Å². The summed E-state index contributed by atoms with van der Waals surface area (Å²) in [6, 6.07) is 6.20.